The second-order valence-electron chi connectivity index (χ2n) is 3.93. The standard InChI is InChI=1S/C13H12BrFN2O3/c1-17-6-5-12(16-17)19-7-10-9(13(14)18)3-2-4-11(10)20-8-15/h2-6H,7-8H2,1H3. The molecule has 0 unspecified atom stereocenters. The number of ether oxygens (including phenoxy) is 2. The number of benzene rings is 1. The van der Waals surface area contributed by atoms with E-state index in [9.17, 15) is 9.18 Å². The SMILES string of the molecule is Cn1ccc(OCc2c(OCF)cccc2C(=O)Br)n1. The molecule has 2 aromatic rings. The molecule has 0 fully saturated rings. The lowest BCUT2D eigenvalue weighted by atomic mass is 10.1. The van der Waals surface area contributed by atoms with Crippen molar-refractivity contribution < 1.29 is 18.7 Å². The minimum atomic E-state index is -0.976. The molecule has 0 N–H and O–H groups in total. The Labute approximate surface area is 123 Å². The van der Waals surface area contributed by atoms with Crippen molar-refractivity contribution in [1.29, 1.82) is 0 Å². The molecule has 0 aliphatic carbocycles. The number of hydrogen-bond donors (Lipinski definition) is 0. The van der Waals surface area contributed by atoms with Gasteiger partial charge in [0.2, 0.25) is 17.4 Å². The van der Waals surface area contributed by atoms with Crippen molar-refractivity contribution >= 4 is 20.6 Å². The average Bonchev–Trinajstić information content (AvgIpc) is 2.83. The van der Waals surface area contributed by atoms with Crippen LogP contribution in [0.4, 0.5) is 4.39 Å². The number of nitrogens with zero attached hydrogens (tertiary/aromatic N) is 2. The van der Waals surface area contributed by atoms with Crippen molar-refractivity contribution in [3.05, 3.63) is 41.6 Å². The van der Waals surface area contributed by atoms with Gasteiger partial charge in [-0.3, -0.25) is 9.48 Å². The Balaban J connectivity index is 2.25. The normalized spacial score (nSPS) is 10.3. The molecule has 0 saturated carbocycles. The highest BCUT2D eigenvalue weighted by atomic mass is 79.9. The molecule has 106 valence electrons. The topological polar surface area (TPSA) is 53.4 Å². The summed E-state index contributed by atoms with van der Waals surface area (Å²) in [5.41, 5.74) is 0.838. The molecule has 0 bridgehead atoms. The fourth-order valence-electron chi connectivity index (χ4n) is 1.71. The van der Waals surface area contributed by atoms with Crippen LogP contribution in [0.25, 0.3) is 0 Å². The van der Waals surface area contributed by atoms with Crippen molar-refractivity contribution in [2.45, 2.75) is 6.61 Å². The van der Waals surface area contributed by atoms with E-state index in [2.05, 4.69) is 21.0 Å². The van der Waals surface area contributed by atoms with Gasteiger partial charge in [0.15, 0.2) is 0 Å². The summed E-state index contributed by atoms with van der Waals surface area (Å²) in [6.45, 7) is -0.920. The predicted molar refractivity (Wildman–Crippen MR) is 73.8 cm³/mol. The summed E-state index contributed by atoms with van der Waals surface area (Å²) in [7, 11) is 1.76. The fraction of sp³-hybridized carbons (Fsp3) is 0.231. The molecular formula is C13H12BrFN2O3. The van der Waals surface area contributed by atoms with Crippen LogP contribution >= 0.6 is 15.9 Å². The molecule has 0 radical (unpaired) electrons. The van der Waals surface area contributed by atoms with Crippen molar-refractivity contribution in [2.75, 3.05) is 6.86 Å². The van der Waals surface area contributed by atoms with Crippen LogP contribution in [0, 0.1) is 0 Å². The number of alkyl halides is 1. The number of hydrogen-bond acceptors (Lipinski definition) is 4. The number of rotatable bonds is 6. The lowest BCUT2D eigenvalue weighted by Crippen LogP contribution is -2.06. The third kappa shape index (κ3) is 3.36. The Morgan fingerprint density at radius 2 is 2.20 bits per heavy atom. The molecule has 1 heterocycles. The van der Waals surface area contributed by atoms with Crippen molar-refractivity contribution in [1.82, 2.24) is 9.78 Å². The van der Waals surface area contributed by atoms with E-state index in [-0.39, 0.29) is 17.0 Å². The van der Waals surface area contributed by atoms with Gasteiger partial charge >= 0.3 is 0 Å². The third-order valence-corrected chi connectivity index (χ3v) is 3.04. The second kappa shape index (κ2) is 6.51. The fourth-order valence-corrected chi connectivity index (χ4v) is 2.08. The third-order valence-electron chi connectivity index (χ3n) is 2.61. The second-order valence-corrected chi connectivity index (χ2v) is 4.65. The lowest BCUT2D eigenvalue weighted by molar-refractivity contribution is 0.109. The van der Waals surface area contributed by atoms with Gasteiger partial charge in [-0.1, -0.05) is 6.07 Å². The van der Waals surface area contributed by atoms with Gasteiger partial charge in [0.1, 0.15) is 12.4 Å². The van der Waals surface area contributed by atoms with Crippen molar-refractivity contribution in [3.63, 3.8) is 0 Å². The average molecular weight is 343 g/mol. The molecule has 0 aliphatic heterocycles. The van der Waals surface area contributed by atoms with Gasteiger partial charge < -0.3 is 9.47 Å². The Bertz CT molecular complexity index is 615. The van der Waals surface area contributed by atoms with Gasteiger partial charge in [-0.15, -0.1) is 5.10 Å². The first-order chi connectivity index (χ1) is 9.61. The Morgan fingerprint density at radius 3 is 2.80 bits per heavy atom. The lowest BCUT2D eigenvalue weighted by Gasteiger charge is -2.12. The summed E-state index contributed by atoms with van der Waals surface area (Å²) >= 11 is 2.89. The maximum Gasteiger partial charge on any atom is 0.233 e. The zero-order valence-corrected chi connectivity index (χ0v) is 12.3. The van der Waals surface area contributed by atoms with Crippen LogP contribution in [0.15, 0.2) is 30.5 Å². The molecule has 7 heteroatoms. The number of aromatic nitrogens is 2. The Kier molecular flexibility index (Phi) is 4.73. The highest BCUT2D eigenvalue weighted by molar-refractivity contribution is 9.18. The molecule has 0 spiro atoms. The van der Waals surface area contributed by atoms with E-state index in [0.29, 0.717) is 17.0 Å². The minimum absolute atomic E-state index is 0.0554. The Hall–Kier alpha value is -1.89. The van der Waals surface area contributed by atoms with E-state index < -0.39 is 6.86 Å². The molecule has 0 atom stereocenters. The van der Waals surface area contributed by atoms with Gasteiger partial charge in [-0.25, -0.2) is 4.39 Å². The Morgan fingerprint density at radius 1 is 1.40 bits per heavy atom. The van der Waals surface area contributed by atoms with Crippen LogP contribution in [0.3, 0.4) is 0 Å². The molecule has 5 nitrogen and oxygen atoms in total. The molecular weight excluding hydrogens is 331 g/mol. The van der Waals surface area contributed by atoms with Crippen LogP contribution in [-0.4, -0.2) is 21.3 Å². The van der Waals surface area contributed by atoms with Crippen LogP contribution in [0.1, 0.15) is 15.9 Å². The monoisotopic (exact) mass is 342 g/mol. The van der Waals surface area contributed by atoms with Gasteiger partial charge in [-0.05, 0) is 28.1 Å². The van der Waals surface area contributed by atoms with Crippen LogP contribution in [0.5, 0.6) is 11.6 Å². The molecule has 20 heavy (non-hydrogen) atoms. The largest absolute Gasteiger partial charge is 0.472 e. The molecule has 0 amide bonds. The number of carbonyl (C=O) groups is 1. The summed E-state index contributed by atoms with van der Waals surface area (Å²) in [5, 5.41) is 4.06. The molecule has 2 rings (SSSR count). The molecule has 1 aromatic carbocycles. The summed E-state index contributed by atoms with van der Waals surface area (Å²) in [6.07, 6.45) is 1.73. The van der Waals surface area contributed by atoms with Crippen LogP contribution in [0.2, 0.25) is 0 Å². The van der Waals surface area contributed by atoms with Crippen LogP contribution < -0.4 is 9.47 Å². The van der Waals surface area contributed by atoms with E-state index in [4.69, 9.17) is 9.47 Å². The van der Waals surface area contributed by atoms with Crippen molar-refractivity contribution in [3.8, 4) is 11.6 Å². The first kappa shape index (κ1) is 14.5. The van der Waals surface area contributed by atoms with Gasteiger partial charge in [0.25, 0.3) is 0 Å². The van der Waals surface area contributed by atoms with Crippen LogP contribution in [-0.2, 0) is 13.7 Å². The summed E-state index contributed by atoms with van der Waals surface area (Å²) in [4.78, 5) is 11.5. The highest BCUT2D eigenvalue weighted by Crippen LogP contribution is 2.26. The van der Waals surface area contributed by atoms with E-state index in [1.54, 1.807) is 42.2 Å². The number of carbonyl (C=O) groups excluding carboxylic acids is 1. The minimum Gasteiger partial charge on any atom is -0.472 e. The van der Waals surface area contributed by atoms with Gasteiger partial charge in [0, 0.05) is 30.4 Å². The molecule has 0 saturated heterocycles. The van der Waals surface area contributed by atoms with E-state index in [1.165, 1.54) is 0 Å². The number of aryl methyl sites for hydroxylation is 1. The van der Waals surface area contributed by atoms with E-state index in [0.717, 1.165) is 0 Å². The predicted octanol–water partition coefficient (Wildman–Crippen LogP) is 2.84. The maximum atomic E-state index is 12.4. The van der Waals surface area contributed by atoms with Crippen molar-refractivity contribution in [2.24, 2.45) is 7.05 Å². The maximum absolute atomic E-state index is 12.4. The summed E-state index contributed by atoms with van der Waals surface area (Å²) in [5.74, 6) is 0.684. The van der Waals surface area contributed by atoms with E-state index in [1.807, 2.05) is 0 Å². The first-order valence-electron chi connectivity index (χ1n) is 5.74. The van der Waals surface area contributed by atoms with E-state index >= 15 is 0 Å². The quantitative estimate of drug-likeness (QED) is 0.757. The zero-order chi connectivity index (χ0) is 14.5. The van der Waals surface area contributed by atoms with Gasteiger partial charge in [0.05, 0.1) is 0 Å². The number of halogens is 2. The first-order valence-corrected chi connectivity index (χ1v) is 6.54. The molecule has 0 aliphatic rings. The smallest absolute Gasteiger partial charge is 0.233 e. The highest BCUT2D eigenvalue weighted by Gasteiger charge is 2.15. The zero-order valence-electron chi connectivity index (χ0n) is 10.7. The summed E-state index contributed by atoms with van der Waals surface area (Å²) < 4.78 is 24.0. The van der Waals surface area contributed by atoms with Gasteiger partial charge in [-0.2, -0.15) is 0 Å². The summed E-state index contributed by atoms with van der Waals surface area (Å²) in [6, 6.07) is 6.49. The molecule has 1 aromatic heterocycles.